The molecule has 5 nitrogen and oxygen atoms in total. The van der Waals surface area contributed by atoms with Crippen LogP contribution in [0.25, 0.3) is 0 Å². The summed E-state index contributed by atoms with van der Waals surface area (Å²) >= 11 is 6.05. The molecule has 0 spiro atoms. The van der Waals surface area contributed by atoms with E-state index in [1.807, 2.05) is 0 Å². The van der Waals surface area contributed by atoms with Crippen molar-refractivity contribution in [2.24, 2.45) is 0 Å². The second-order valence-electron chi connectivity index (χ2n) is 4.14. The molecule has 19 heavy (non-hydrogen) atoms. The van der Waals surface area contributed by atoms with E-state index in [1.165, 1.54) is 25.2 Å². The maximum Gasteiger partial charge on any atom is 0.254 e. The number of aliphatic hydroxyl groups excluding tert-OH is 1. The second-order valence-corrected chi connectivity index (χ2v) is 4.55. The molecule has 0 aliphatic heterocycles. The molecule has 0 radical (unpaired) electrons. The number of carbonyl (C=O) groups excluding carboxylic acids is 1. The Labute approximate surface area is 117 Å². The molecule has 0 bridgehead atoms. The van der Waals surface area contributed by atoms with Gasteiger partial charge in [-0.15, -0.1) is 0 Å². The summed E-state index contributed by atoms with van der Waals surface area (Å²) in [4.78, 5) is 13.7. The predicted molar refractivity (Wildman–Crippen MR) is 73.2 cm³/mol. The molecule has 1 aromatic carbocycles. The Bertz CT molecular complexity index is 464. The number of methoxy groups -OCH3 is 2. The van der Waals surface area contributed by atoms with Crippen molar-refractivity contribution < 1.29 is 19.4 Å². The van der Waals surface area contributed by atoms with Gasteiger partial charge in [0, 0.05) is 12.6 Å². The van der Waals surface area contributed by atoms with Crippen LogP contribution in [0.2, 0.25) is 5.02 Å². The van der Waals surface area contributed by atoms with Crippen molar-refractivity contribution in [3.8, 4) is 11.5 Å². The van der Waals surface area contributed by atoms with E-state index in [0.717, 1.165) is 0 Å². The maximum atomic E-state index is 12.2. The van der Waals surface area contributed by atoms with Crippen LogP contribution in [-0.4, -0.2) is 49.8 Å². The summed E-state index contributed by atoms with van der Waals surface area (Å²) in [6, 6.07) is 2.80. The Balaban J connectivity index is 3.15. The van der Waals surface area contributed by atoms with E-state index in [9.17, 15) is 4.79 Å². The molecular formula is C13H18ClNO4. The number of hydrogen-bond acceptors (Lipinski definition) is 4. The summed E-state index contributed by atoms with van der Waals surface area (Å²) in [6.45, 7) is 1.64. The van der Waals surface area contributed by atoms with E-state index in [4.69, 9.17) is 26.2 Å². The fourth-order valence-corrected chi connectivity index (χ4v) is 1.86. The molecule has 0 saturated heterocycles. The monoisotopic (exact) mass is 287 g/mol. The fourth-order valence-electron chi connectivity index (χ4n) is 1.57. The highest BCUT2D eigenvalue weighted by molar-refractivity contribution is 6.32. The van der Waals surface area contributed by atoms with Gasteiger partial charge in [-0.3, -0.25) is 4.79 Å². The van der Waals surface area contributed by atoms with Crippen molar-refractivity contribution in [2.45, 2.75) is 13.0 Å². The van der Waals surface area contributed by atoms with Crippen LogP contribution >= 0.6 is 11.6 Å². The number of nitrogens with zero attached hydrogens (tertiary/aromatic N) is 1. The van der Waals surface area contributed by atoms with Gasteiger partial charge in [-0.25, -0.2) is 0 Å². The molecule has 0 aliphatic carbocycles. The van der Waals surface area contributed by atoms with Gasteiger partial charge in [-0.1, -0.05) is 11.6 Å². The number of ether oxygens (including phenoxy) is 2. The second kappa shape index (κ2) is 6.63. The zero-order valence-corrected chi connectivity index (χ0v) is 12.2. The van der Waals surface area contributed by atoms with Crippen molar-refractivity contribution in [3.63, 3.8) is 0 Å². The number of rotatable bonds is 5. The molecule has 1 atom stereocenters. The van der Waals surface area contributed by atoms with E-state index >= 15 is 0 Å². The minimum Gasteiger partial charge on any atom is -0.493 e. The number of amides is 1. The Hall–Kier alpha value is -1.46. The van der Waals surface area contributed by atoms with Gasteiger partial charge in [0.1, 0.15) is 0 Å². The van der Waals surface area contributed by atoms with Gasteiger partial charge < -0.3 is 19.5 Å². The fraction of sp³-hybridized carbons (Fsp3) is 0.462. The summed E-state index contributed by atoms with van der Waals surface area (Å²) in [5.74, 6) is 0.534. The first-order valence-corrected chi connectivity index (χ1v) is 6.13. The third-order valence-corrected chi connectivity index (χ3v) is 3.21. The molecule has 0 saturated carbocycles. The van der Waals surface area contributed by atoms with E-state index in [2.05, 4.69) is 0 Å². The van der Waals surface area contributed by atoms with Crippen LogP contribution in [0.3, 0.4) is 0 Å². The summed E-state index contributed by atoms with van der Waals surface area (Å²) in [5, 5.41) is 9.38. The Morgan fingerprint density at radius 3 is 2.53 bits per heavy atom. The van der Waals surface area contributed by atoms with E-state index in [0.29, 0.717) is 22.1 Å². The zero-order valence-electron chi connectivity index (χ0n) is 11.4. The Morgan fingerprint density at radius 1 is 1.42 bits per heavy atom. The lowest BCUT2D eigenvalue weighted by Gasteiger charge is -2.23. The third-order valence-electron chi connectivity index (χ3n) is 2.93. The number of hydrogen-bond donors (Lipinski definition) is 1. The Morgan fingerprint density at radius 2 is 2.05 bits per heavy atom. The minimum atomic E-state index is -0.278. The summed E-state index contributed by atoms with van der Waals surface area (Å²) in [5.41, 5.74) is 0.380. The van der Waals surface area contributed by atoms with Crippen LogP contribution in [0.1, 0.15) is 17.3 Å². The molecule has 1 aromatic rings. The SMILES string of the molecule is COc1cc(C(=O)N(C)C(C)CO)cc(Cl)c1OC. The quantitative estimate of drug-likeness (QED) is 0.897. The predicted octanol–water partition coefficient (Wildman–Crippen LogP) is 1.81. The average Bonchev–Trinajstić information content (AvgIpc) is 2.43. The van der Waals surface area contributed by atoms with E-state index in [-0.39, 0.29) is 18.6 Å². The van der Waals surface area contributed by atoms with Crippen LogP contribution in [0.4, 0.5) is 0 Å². The lowest BCUT2D eigenvalue weighted by molar-refractivity contribution is 0.0682. The standard InChI is InChI=1S/C13H18ClNO4/c1-8(7-16)15(2)13(17)9-5-10(14)12(19-4)11(6-9)18-3/h5-6,8,16H,7H2,1-4H3. The van der Waals surface area contributed by atoms with Gasteiger partial charge in [-0.2, -0.15) is 0 Å². The molecule has 1 N–H and O–H groups in total. The Kier molecular flexibility index (Phi) is 5.44. The molecule has 0 fully saturated rings. The molecule has 0 aromatic heterocycles. The van der Waals surface area contributed by atoms with Crippen LogP contribution in [0.15, 0.2) is 12.1 Å². The van der Waals surface area contributed by atoms with Gasteiger partial charge >= 0.3 is 0 Å². The van der Waals surface area contributed by atoms with Crippen molar-refractivity contribution in [2.75, 3.05) is 27.9 Å². The summed E-state index contributed by atoms with van der Waals surface area (Å²) < 4.78 is 10.3. The maximum absolute atomic E-state index is 12.2. The van der Waals surface area contributed by atoms with Crippen LogP contribution in [0, 0.1) is 0 Å². The van der Waals surface area contributed by atoms with Crippen LogP contribution in [-0.2, 0) is 0 Å². The van der Waals surface area contributed by atoms with Crippen LogP contribution in [0.5, 0.6) is 11.5 Å². The highest BCUT2D eigenvalue weighted by Crippen LogP contribution is 2.36. The third kappa shape index (κ3) is 3.30. The van der Waals surface area contributed by atoms with Crippen LogP contribution < -0.4 is 9.47 Å². The zero-order chi connectivity index (χ0) is 14.6. The molecule has 1 amide bonds. The van der Waals surface area contributed by atoms with E-state index in [1.54, 1.807) is 20.0 Å². The smallest absolute Gasteiger partial charge is 0.254 e. The van der Waals surface area contributed by atoms with Gasteiger partial charge in [0.2, 0.25) is 0 Å². The first-order valence-electron chi connectivity index (χ1n) is 5.75. The van der Waals surface area contributed by atoms with E-state index < -0.39 is 0 Å². The molecule has 0 aliphatic rings. The molecule has 0 heterocycles. The normalized spacial score (nSPS) is 11.9. The van der Waals surface area contributed by atoms with Gasteiger partial charge in [0.05, 0.1) is 31.9 Å². The number of aliphatic hydroxyl groups is 1. The first-order chi connectivity index (χ1) is 8.96. The number of likely N-dealkylation sites (N-methyl/N-ethyl adjacent to an activating group) is 1. The average molecular weight is 288 g/mol. The molecule has 6 heteroatoms. The van der Waals surface area contributed by atoms with Crippen molar-refractivity contribution in [1.29, 1.82) is 0 Å². The van der Waals surface area contributed by atoms with Gasteiger partial charge in [0.25, 0.3) is 5.91 Å². The van der Waals surface area contributed by atoms with Gasteiger partial charge in [0.15, 0.2) is 11.5 Å². The molecule has 1 unspecified atom stereocenters. The lowest BCUT2D eigenvalue weighted by atomic mass is 10.1. The van der Waals surface area contributed by atoms with Crippen molar-refractivity contribution >= 4 is 17.5 Å². The highest BCUT2D eigenvalue weighted by Gasteiger charge is 2.20. The number of carbonyl (C=O) groups is 1. The molecule has 1 rings (SSSR count). The van der Waals surface area contributed by atoms with Gasteiger partial charge in [-0.05, 0) is 19.1 Å². The summed E-state index contributed by atoms with van der Waals surface area (Å²) in [7, 11) is 4.57. The number of benzene rings is 1. The first kappa shape index (κ1) is 15.6. The molecule has 106 valence electrons. The minimum absolute atomic E-state index is 0.108. The topological polar surface area (TPSA) is 59.0 Å². The summed E-state index contributed by atoms with van der Waals surface area (Å²) in [6.07, 6.45) is 0. The van der Waals surface area contributed by atoms with Crippen molar-refractivity contribution in [1.82, 2.24) is 4.90 Å². The molecular weight excluding hydrogens is 270 g/mol. The van der Waals surface area contributed by atoms with Crippen molar-refractivity contribution in [3.05, 3.63) is 22.7 Å². The highest BCUT2D eigenvalue weighted by atomic mass is 35.5. The lowest BCUT2D eigenvalue weighted by Crippen LogP contribution is -2.37. The number of halogens is 1. The largest absolute Gasteiger partial charge is 0.493 e.